The Morgan fingerprint density at radius 3 is 2.41 bits per heavy atom. The Kier molecular flexibility index (Phi) is 8.20. The maximum absolute atomic E-state index is 13.6. The monoisotopic (exact) mass is 546 g/mol. The number of nitrogens with two attached hydrogens (primary N) is 1. The molecule has 0 radical (unpaired) electrons. The highest BCUT2D eigenvalue weighted by Crippen LogP contribution is 2.34. The lowest BCUT2D eigenvalue weighted by atomic mass is 9.85. The zero-order valence-electron chi connectivity index (χ0n) is 21.3. The van der Waals surface area contributed by atoms with E-state index in [4.69, 9.17) is 5.14 Å². The van der Waals surface area contributed by atoms with Gasteiger partial charge in [-0.2, -0.15) is 4.99 Å². The van der Waals surface area contributed by atoms with E-state index in [1.165, 1.54) is 50.7 Å². The number of anilines is 1. The third-order valence-corrected chi connectivity index (χ3v) is 9.29. The number of aliphatic imine (C=N–C) groups is 1. The quantitative estimate of drug-likeness (QED) is 0.388. The molecule has 2 aliphatic rings. The Balaban J connectivity index is 1.53. The number of sulfonamides is 2. The Labute approximate surface area is 220 Å². The molecule has 4 N–H and O–H groups in total. The minimum Gasteiger partial charge on any atom is -0.310 e. The van der Waals surface area contributed by atoms with Gasteiger partial charge in [0.25, 0.3) is 20.0 Å². The molecular weight excluding hydrogens is 510 g/mol. The van der Waals surface area contributed by atoms with Crippen molar-refractivity contribution in [2.45, 2.75) is 62.9 Å². The summed E-state index contributed by atoms with van der Waals surface area (Å²) in [6.45, 7) is 2.72. The zero-order chi connectivity index (χ0) is 26.7. The minimum atomic E-state index is -4.03. The molecule has 0 amide bonds. The molecule has 1 heterocycles. The van der Waals surface area contributed by atoms with Crippen LogP contribution in [-0.2, 0) is 26.6 Å². The van der Waals surface area contributed by atoms with E-state index in [0.29, 0.717) is 24.0 Å². The van der Waals surface area contributed by atoms with Gasteiger partial charge in [0.05, 0.1) is 12.7 Å². The molecule has 2 aromatic carbocycles. The fourth-order valence-electron chi connectivity index (χ4n) is 5.10. The van der Waals surface area contributed by atoms with E-state index in [0.717, 1.165) is 17.9 Å². The minimum absolute atomic E-state index is 0.0179. The summed E-state index contributed by atoms with van der Waals surface area (Å²) in [4.78, 5) is 3.93. The van der Waals surface area contributed by atoms with E-state index in [9.17, 15) is 16.8 Å². The summed E-state index contributed by atoms with van der Waals surface area (Å²) in [6.07, 6.45) is 10.3. The second kappa shape index (κ2) is 11.0. The van der Waals surface area contributed by atoms with Crippen LogP contribution in [0.25, 0.3) is 0 Å². The van der Waals surface area contributed by atoms with Crippen LogP contribution in [0, 0.1) is 5.92 Å². The largest absolute Gasteiger partial charge is 0.310 e. The third kappa shape index (κ3) is 6.66. The number of nitrogens with zero attached hydrogens (tertiary/aromatic N) is 2. The van der Waals surface area contributed by atoms with Gasteiger partial charge in [0.2, 0.25) is 11.4 Å². The van der Waals surface area contributed by atoms with Gasteiger partial charge in [0.15, 0.2) is 5.69 Å². The molecule has 0 bridgehead atoms. The van der Waals surface area contributed by atoms with Gasteiger partial charge in [-0.25, -0.2) is 26.5 Å². The number of hydrogen-bond donors (Lipinski definition) is 3. The van der Waals surface area contributed by atoms with Crippen molar-refractivity contribution < 1.29 is 16.8 Å². The fraction of sp³-hybridized carbons (Fsp3) is 0.423. The molecule has 37 heavy (non-hydrogen) atoms. The molecule has 4 rings (SSSR count). The van der Waals surface area contributed by atoms with Gasteiger partial charge in [0.1, 0.15) is 11.1 Å². The van der Waals surface area contributed by atoms with E-state index in [1.807, 2.05) is 12.1 Å². The van der Waals surface area contributed by atoms with Gasteiger partial charge in [-0.05, 0) is 37.0 Å². The van der Waals surface area contributed by atoms with Crippen LogP contribution >= 0.6 is 0 Å². The molecule has 1 aliphatic heterocycles. The average Bonchev–Trinajstić information content (AvgIpc) is 3.28. The molecule has 11 heteroatoms. The van der Waals surface area contributed by atoms with Crippen LogP contribution < -0.4 is 19.7 Å². The molecule has 1 unspecified atom stereocenters. The summed E-state index contributed by atoms with van der Waals surface area (Å²) < 4.78 is 53.3. The average molecular weight is 547 g/mol. The van der Waals surface area contributed by atoms with Crippen molar-refractivity contribution >= 4 is 37.8 Å². The van der Waals surface area contributed by atoms with Crippen molar-refractivity contribution in [2.24, 2.45) is 16.0 Å². The number of benzene rings is 2. The highest BCUT2D eigenvalue weighted by Gasteiger charge is 2.36. The number of rotatable bonds is 10. The van der Waals surface area contributed by atoms with E-state index in [-0.39, 0.29) is 14.4 Å². The first-order valence-corrected chi connectivity index (χ1v) is 15.6. The Hall–Kier alpha value is -2.57. The van der Waals surface area contributed by atoms with Gasteiger partial charge in [-0.1, -0.05) is 62.4 Å². The summed E-state index contributed by atoms with van der Waals surface area (Å²) in [7, 11) is -6.41. The summed E-state index contributed by atoms with van der Waals surface area (Å²) >= 11 is 0. The number of hydrogen-bond acceptors (Lipinski definition) is 6. The van der Waals surface area contributed by atoms with Crippen LogP contribution in [0.3, 0.4) is 0 Å². The van der Waals surface area contributed by atoms with Crippen LogP contribution in [0.2, 0.25) is 0 Å². The summed E-state index contributed by atoms with van der Waals surface area (Å²) in [5.41, 5.74) is 1.68. The molecule has 200 valence electrons. The van der Waals surface area contributed by atoms with Gasteiger partial charge in [0, 0.05) is 18.7 Å². The molecule has 0 aromatic heterocycles. The summed E-state index contributed by atoms with van der Waals surface area (Å²) in [6, 6.07) is 14.1. The third-order valence-electron chi connectivity index (χ3n) is 7.08. The van der Waals surface area contributed by atoms with Crippen LogP contribution in [-0.4, -0.2) is 36.3 Å². The number of primary sulfonamides is 1. The van der Waals surface area contributed by atoms with Crippen LogP contribution in [0.1, 0.15) is 51.0 Å². The number of nitrogens with one attached hydrogen (secondary N) is 2. The normalized spacial score (nSPS) is 21.5. The lowest BCUT2D eigenvalue weighted by Gasteiger charge is -2.25. The van der Waals surface area contributed by atoms with E-state index in [2.05, 4.69) is 22.0 Å². The van der Waals surface area contributed by atoms with Crippen LogP contribution in [0.4, 0.5) is 11.4 Å². The molecule has 2 atom stereocenters. The molecular formula is C26H36N5O4S2+. The van der Waals surface area contributed by atoms with Crippen molar-refractivity contribution in [3.63, 3.8) is 0 Å². The zero-order valence-corrected chi connectivity index (χ0v) is 22.9. The van der Waals surface area contributed by atoms with Crippen LogP contribution in [0.5, 0.6) is 0 Å². The standard InChI is InChI=1S/C26H36N5O4S2/c1-20(16-21-10-4-3-5-11-21)28-17-22-12-6-7-13-23(22)30-37(34,35)25-15-9-8-14-24(25)31(2)18-26(29-19-31)36(27,32)33/h6-9,12-15,18-21,28,30H,3-5,10-11,16-17H2,1-2H3,(H2,27,32,33)/q+1/t20-,31?/m0/s1. The molecule has 9 nitrogen and oxygen atoms in total. The highest BCUT2D eigenvalue weighted by atomic mass is 32.2. The lowest BCUT2D eigenvalue weighted by Crippen LogP contribution is -2.37. The van der Waals surface area contributed by atoms with E-state index in [1.54, 1.807) is 37.4 Å². The lowest BCUT2D eigenvalue weighted by molar-refractivity contribution is 0.305. The van der Waals surface area contributed by atoms with Gasteiger partial charge in [-0.15, -0.1) is 0 Å². The van der Waals surface area contributed by atoms with Gasteiger partial charge >= 0.3 is 0 Å². The first-order valence-electron chi connectivity index (χ1n) is 12.6. The Morgan fingerprint density at radius 2 is 1.70 bits per heavy atom. The predicted molar refractivity (Wildman–Crippen MR) is 149 cm³/mol. The molecule has 1 saturated carbocycles. The molecule has 1 fully saturated rings. The Morgan fingerprint density at radius 1 is 1.03 bits per heavy atom. The van der Waals surface area contributed by atoms with Crippen molar-refractivity contribution in [1.29, 1.82) is 0 Å². The Bertz CT molecular complexity index is 1400. The second-order valence-corrected chi connectivity index (χ2v) is 13.3. The van der Waals surface area contributed by atoms with Crippen molar-refractivity contribution in [3.05, 3.63) is 65.3 Å². The molecule has 1 aliphatic carbocycles. The molecule has 0 saturated heterocycles. The van der Waals surface area contributed by atoms with Crippen LogP contribution in [0.15, 0.2) is 69.6 Å². The maximum Gasteiger partial charge on any atom is 0.267 e. The van der Waals surface area contributed by atoms with Gasteiger partial charge in [-0.3, -0.25) is 4.72 Å². The first-order chi connectivity index (χ1) is 17.5. The van der Waals surface area contributed by atoms with Gasteiger partial charge < -0.3 is 5.32 Å². The fourth-order valence-corrected chi connectivity index (χ4v) is 7.05. The van der Waals surface area contributed by atoms with Crippen molar-refractivity contribution in [2.75, 3.05) is 11.8 Å². The summed E-state index contributed by atoms with van der Waals surface area (Å²) in [5.74, 6) is 0.754. The smallest absolute Gasteiger partial charge is 0.267 e. The van der Waals surface area contributed by atoms with Crippen molar-refractivity contribution in [3.8, 4) is 0 Å². The SMILES string of the molecule is C[C@@H](CC1CCCCC1)NCc1ccccc1NS(=O)(=O)c1ccccc1[N+]1(C)C=NC(S(N)(=O)=O)=C1. The summed E-state index contributed by atoms with van der Waals surface area (Å²) in [5, 5.41) is 8.48. The maximum atomic E-state index is 13.6. The molecule has 0 spiro atoms. The van der Waals surface area contributed by atoms with Crippen molar-refractivity contribution in [1.82, 2.24) is 9.80 Å². The van der Waals surface area contributed by atoms with E-state index < -0.39 is 20.0 Å². The number of quaternary nitrogens is 1. The highest BCUT2D eigenvalue weighted by molar-refractivity contribution is 7.93. The predicted octanol–water partition coefficient (Wildman–Crippen LogP) is 4.00. The second-order valence-electron chi connectivity index (χ2n) is 10.2. The van der Waals surface area contributed by atoms with E-state index >= 15 is 0 Å². The topological polar surface area (TPSA) is 131 Å². The number of para-hydroxylation sites is 2. The molecule has 2 aromatic rings. The first kappa shape index (κ1) is 27.5.